The summed E-state index contributed by atoms with van der Waals surface area (Å²) in [6.07, 6.45) is -0.727. The van der Waals surface area contributed by atoms with Crippen molar-refractivity contribution in [3.05, 3.63) is 83.4 Å². The maximum absolute atomic E-state index is 10.6. The predicted molar refractivity (Wildman–Crippen MR) is 79.2 cm³/mol. The molecule has 96 valence electrons. The zero-order chi connectivity index (χ0) is 13.9. The van der Waals surface area contributed by atoms with E-state index in [1.54, 1.807) is 18.2 Å². The van der Waals surface area contributed by atoms with E-state index in [0.29, 0.717) is 5.56 Å². The summed E-state index contributed by atoms with van der Waals surface area (Å²) < 4.78 is 0. The first-order valence-electron chi connectivity index (χ1n) is 6.45. The quantitative estimate of drug-likeness (QED) is 0.760. The van der Waals surface area contributed by atoms with Crippen LogP contribution in [0.25, 0.3) is 10.8 Å². The molecule has 20 heavy (non-hydrogen) atoms. The van der Waals surface area contributed by atoms with Crippen LogP contribution in [-0.4, -0.2) is 5.11 Å². The normalized spacial score (nSPS) is 12.0. The molecular formula is C18H13NO. The molecule has 0 saturated heterocycles. The molecule has 2 nitrogen and oxygen atoms in total. The van der Waals surface area contributed by atoms with Gasteiger partial charge in [0.1, 0.15) is 6.10 Å². The molecule has 3 aromatic rings. The Morgan fingerprint density at radius 1 is 0.900 bits per heavy atom. The molecule has 0 aliphatic carbocycles. The number of nitrogens with zero attached hydrogens (tertiary/aromatic N) is 1. The van der Waals surface area contributed by atoms with Gasteiger partial charge < -0.3 is 5.11 Å². The van der Waals surface area contributed by atoms with Crippen molar-refractivity contribution in [3.8, 4) is 6.07 Å². The Balaban J connectivity index is 2.13. The van der Waals surface area contributed by atoms with E-state index in [2.05, 4.69) is 6.07 Å². The fraction of sp³-hybridized carbons (Fsp3) is 0.0556. The lowest BCUT2D eigenvalue weighted by Gasteiger charge is -2.14. The fourth-order valence-corrected chi connectivity index (χ4v) is 2.45. The molecule has 0 spiro atoms. The molecule has 1 unspecified atom stereocenters. The van der Waals surface area contributed by atoms with Gasteiger partial charge in [0, 0.05) is 0 Å². The van der Waals surface area contributed by atoms with Gasteiger partial charge in [-0.3, -0.25) is 0 Å². The summed E-state index contributed by atoms with van der Waals surface area (Å²) in [5.41, 5.74) is 2.15. The highest BCUT2D eigenvalue weighted by Gasteiger charge is 2.13. The molecule has 3 rings (SSSR count). The van der Waals surface area contributed by atoms with E-state index >= 15 is 0 Å². The van der Waals surface area contributed by atoms with Crippen molar-refractivity contribution in [2.24, 2.45) is 0 Å². The number of hydrogen-bond acceptors (Lipinski definition) is 2. The number of aliphatic hydroxyl groups excluding tert-OH is 1. The van der Waals surface area contributed by atoms with E-state index < -0.39 is 6.10 Å². The van der Waals surface area contributed by atoms with Crippen LogP contribution in [0.3, 0.4) is 0 Å². The van der Waals surface area contributed by atoms with Gasteiger partial charge in [-0.25, -0.2) is 0 Å². The lowest BCUT2D eigenvalue weighted by atomic mass is 9.95. The van der Waals surface area contributed by atoms with Crippen LogP contribution in [0.4, 0.5) is 0 Å². The molecule has 0 saturated carbocycles. The molecule has 0 bridgehead atoms. The van der Waals surface area contributed by atoms with Gasteiger partial charge in [0.05, 0.1) is 11.6 Å². The Labute approximate surface area is 117 Å². The first kappa shape index (κ1) is 12.4. The Bertz CT molecular complexity index is 796. The van der Waals surface area contributed by atoms with E-state index in [9.17, 15) is 5.11 Å². The fourth-order valence-electron chi connectivity index (χ4n) is 2.45. The number of aliphatic hydroxyl groups is 1. The zero-order valence-corrected chi connectivity index (χ0v) is 10.8. The van der Waals surface area contributed by atoms with Gasteiger partial charge in [-0.05, 0) is 34.0 Å². The topological polar surface area (TPSA) is 44.0 Å². The Hall–Kier alpha value is -2.63. The molecule has 0 radical (unpaired) electrons. The summed E-state index contributed by atoms with van der Waals surface area (Å²) in [7, 11) is 0. The van der Waals surface area contributed by atoms with E-state index in [4.69, 9.17) is 5.26 Å². The monoisotopic (exact) mass is 259 g/mol. The smallest absolute Gasteiger partial charge is 0.105 e. The van der Waals surface area contributed by atoms with Crippen LogP contribution in [0.15, 0.2) is 66.7 Å². The van der Waals surface area contributed by atoms with E-state index in [-0.39, 0.29) is 0 Å². The first-order chi connectivity index (χ1) is 9.79. The maximum atomic E-state index is 10.6. The minimum atomic E-state index is -0.727. The van der Waals surface area contributed by atoms with Gasteiger partial charge in [-0.15, -0.1) is 0 Å². The third kappa shape index (κ3) is 2.16. The highest BCUT2D eigenvalue weighted by molar-refractivity contribution is 5.86. The van der Waals surface area contributed by atoms with Gasteiger partial charge in [0.25, 0.3) is 0 Å². The highest BCUT2D eigenvalue weighted by Crippen LogP contribution is 2.29. The molecule has 0 aliphatic rings. The van der Waals surface area contributed by atoms with E-state index in [0.717, 1.165) is 21.9 Å². The molecule has 0 fully saturated rings. The van der Waals surface area contributed by atoms with Crippen molar-refractivity contribution >= 4 is 10.8 Å². The number of fused-ring (bicyclic) bond motifs is 1. The summed E-state index contributed by atoms with van der Waals surface area (Å²) in [5, 5.41) is 21.7. The average Bonchev–Trinajstić information content (AvgIpc) is 2.53. The highest BCUT2D eigenvalue weighted by atomic mass is 16.3. The third-order valence-electron chi connectivity index (χ3n) is 3.45. The molecule has 0 aromatic heterocycles. The molecule has 1 N–H and O–H groups in total. The number of benzene rings is 3. The Morgan fingerprint density at radius 3 is 2.50 bits per heavy atom. The van der Waals surface area contributed by atoms with Crippen LogP contribution in [0.5, 0.6) is 0 Å². The van der Waals surface area contributed by atoms with Crippen molar-refractivity contribution in [3.63, 3.8) is 0 Å². The van der Waals surface area contributed by atoms with Crippen molar-refractivity contribution in [1.82, 2.24) is 0 Å². The molecule has 1 atom stereocenters. The molecule has 0 heterocycles. The second-order valence-corrected chi connectivity index (χ2v) is 4.71. The summed E-state index contributed by atoms with van der Waals surface area (Å²) in [6.45, 7) is 0. The van der Waals surface area contributed by atoms with Crippen molar-refractivity contribution in [2.75, 3.05) is 0 Å². The first-order valence-corrected chi connectivity index (χ1v) is 6.45. The van der Waals surface area contributed by atoms with Gasteiger partial charge in [-0.1, -0.05) is 54.6 Å². The van der Waals surface area contributed by atoms with Gasteiger partial charge in [0.15, 0.2) is 0 Å². The number of rotatable bonds is 2. The van der Waals surface area contributed by atoms with Gasteiger partial charge in [0.2, 0.25) is 0 Å². The molecule has 0 aliphatic heterocycles. The number of nitriles is 1. The number of hydrogen-bond donors (Lipinski definition) is 1. The lowest BCUT2D eigenvalue weighted by molar-refractivity contribution is 0.222. The predicted octanol–water partition coefficient (Wildman–Crippen LogP) is 3.79. The Kier molecular flexibility index (Phi) is 3.20. The van der Waals surface area contributed by atoms with Crippen LogP contribution in [0.2, 0.25) is 0 Å². The summed E-state index contributed by atoms with van der Waals surface area (Å²) in [5.74, 6) is 0. The molecule has 3 aromatic carbocycles. The minimum Gasteiger partial charge on any atom is -0.384 e. The second-order valence-electron chi connectivity index (χ2n) is 4.71. The Morgan fingerprint density at radius 2 is 1.65 bits per heavy atom. The van der Waals surface area contributed by atoms with Crippen LogP contribution in [-0.2, 0) is 0 Å². The molecule has 0 amide bonds. The van der Waals surface area contributed by atoms with Crippen molar-refractivity contribution in [2.45, 2.75) is 6.10 Å². The summed E-state index contributed by atoms with van der Waals surface area (Å²) >= 11 is 0. The van der Waals surface area contributed by atoms with Crippen LogP contribution < -0.4 is 0 Å². The SMILES string of the molecule is N#Cc1cccc(C(O)c2cccc3ccccc23)c1. The van der Waals surface area contributed by atoms with Crippen LogP contribution in [0, 0.1) is 11.3 Å². The van der Waals surface area contributed by atoms with Crippen LogP contribution in [0.1, 0.15) is 22.8 Å². The molecule has 2 heteroatoms. The standard InChI is InChI=1S/C18H13NO/c19-12-13-5-3-8-15(11-13)18(20)17-10-4-7-14-6-1-2-9-16(14)17/h1-11,18,20H. The van der Waals surface area contributed by atoms with Crippen molar-refractivity contribution in [1.29, 1.82) is 5.26 Å². The van der Waals surface area contributed by atoms with Gasteiger partial charge in [-0.2, -0.15) is 5.26 Å². The largest absolute Gasteiger partial charge is 0.384 e. The average molecular weight is 259 g/mol. The van der Waals surface area contributed by atoms with E-state index in [1.807, 2.05) is 48.5 Å². The zero-order valence-electron chi connectivity index (χ0n) is 10.8. The molecular weight excluding hydrogens is 246 g/mol. The lowest BCUT2D eigenvalue weighted by Crippen LogP contribution is -2.00. The minimum absolute atomic E-state index is 0.557. The maximum Gasteiger partial charge on any atom is 0.105 e. The summed E-state index contributed by atoms with van der Waals surface area (Å²) in [6, 6.07) is 23.1. The summed E-state index contributed by atoms with van der Waals surface area (Å²) in [4.78, 5) is 0. The van der Waals surface area contributed by atoms with E-state index in [1.165, 1.54) is 0 Å². The van der Waals surface area contributed by atoms with Crippen molar-refractivity contribution < 1.29 is 5.11 Å². The third-order valence-corrected chi connectivity index (χ3v) is 3.45. The second kappa shape index (κ2) is 5.16. The van der Waals surface area contributed by atoms with Crippen LogP contribution >= 0.6 is 0 Å². The van der Waals surface area contributed by atoms with Gasteiger partial charge >= 0.3 is 0 Å².